The van der Waals surface area contributed by atoms with Gasteiger partial charge in [0.25, 0.3) is 0 Å². The fourth-order valence-electron chi connectivity index (χ4n) is 3.50. The Balaban J connectivity index is 1.88. The molecule has 31 heavy (non-hydrogen) atoms. The highest BCUT2D eigenvalue weighted by Crippen LogP contribution is 2.37. The van der Waals surface area contributed by atoms with Crippen molar-refractivity contribution in [3.05, 3.63) is 54.6 Å². The van der Waals surface area contributed by atoms with Crippen LogP contribution in [-0.4, -0.2) is 41.3 Å². The van der Waals surface area contributed by atoms with Crippen LogP contribution in [0, 0.1) is 5.82 Å². The van der Waals surface area contributed by atoms with Crippen LogP contribution in [0.3, 0.4) is 0 Å². The van der Waals surface area contributed by atoms with E-state index in [1.165, 1.54) is 25.3 Å². The quantitative estimate of drug-likeness (QED) is 0.448. The Kier molecular flexibility index (Phi) is 5.45. The third-order valence-corrected chi connectivity index (χ3v) is 6.95. The van der Waals surface area contributed by atoms with Gasteiger partial charge in [-0.05, 0) is 42.8 Å². The average Bonchev–Trinajstić information content (AvgIpc) is 3.22. The van der Waals surface area contributed by atoms with Crippen LogP contribution in [0.5, 0.6) is 5.75 Å². The van der Waals surface area contributed by atoms with Crippen molar-refractivity contribution in [1.29, 1.82) is 0 Å². The molecule has 160 valence electrons. The first-order valence-corrected chi connectivity index (χ1v) is 11.4. The molecule has 0 radical (unpaired) electrons. The molecule has 2 heterocycles. The Labute approximate surface area is 179 Å². The van der Waals surface area contributed by atoms with E-state index in [4.69, 9.17) is 4.74 Å². The second kappa shape index (κ2) is 8.07. The standard InChI is InChI=1S/C22H21FN4O3S/c1-4-27-22-19(13-25-27)18(12-24-26-22)14-6-9-20(23)17(10-14)16-8-7-15(11-21(16)30-3)31(28,29)5-2/h6-13H,4-5H2,1-3H3. The number of rotatable bonds is 6. The lowest BCUT2D eigenvalue weighted by Gasteiger charge is -2.13. The molecule has 0 spiro atoms. The van der Waals surface area contributed by atoms with E-state index < -0.39 is 15.7 Å². The fourth-order valence-corrected chi connectivity index (χ4v) is 4.40. The third-order valence-electron chi connectivity index (χ3n) is 5.22. The summed E-state index contributed by atoms with van der Waals surface area (Å²) in [6.45, 7) is 4.19. The summed E-state index contributed by atoms with van der Waals surface area (Å²) in [6.07, 6.45) is 3.34. The van der Waals surface area contributed by atoms with Crippen molar-refractivity contribution in [3.63, 3.8) is 0 Å². The first-order chi connectivity index (χ1) is 14.9. The van der Waals surface area contributed by atoms with Gasteiger partial charge in [-0.15, -0.1) is 5.10 Å². The van der Waals surface area contributed by atoms with Crippen LogP contribution < -0.4 is 4.74 Å². The van der Waals surface area contributed by atoms with E-state index in [0.717, 1.165) is 16.5 Å². The van der Waals surface area contributed by atoms with Crippen molar-refractivity contribution >= 4 is 20.9 Å². The highest BCUT2D eigenvalue weighted by Gasteiger charge is 2.19. The molecule has 9 heteroatoms. The molecule has 4 aromatic rings. The molecular formula is C22H21FN4O3S. The molecule has 0 aliphatic carbocycles. The van der Waals surface area contributed by atoms with Gasteiger partial charge in [0.1, 0.15) is 11.6 Å². The van der Waals surface area contributed by atoms with Crippen LogP contribution >= 0.6 is 0 Å². The third kappa shape index (κ3) is 3.65. The largest absolute Gasteiger partial charge is 0.496 e. The number of halogens is 1. The van der Waals surface area contributed by atoms with Crippen LogP contribution in [0.2, 0.25) is 0 Å². The van der Waals surface area contributed by atoms with E-state index in [2.05, 4.69) is 15.3 Å². The van der Waals surface area contributed by atoms with Gasteiger partial charge in [0.05, 0.1) is 35.5 Å². The van der Waals surface area contributed by atoms with Crippen LogP contribution in [0.25, 0.3) is 33.3 Å². The number of benzene rings is 2. The second-order valence-corrected chi connectivity index (χ2v) is 9.19. The highest BCUT2D eigenvalue weighted by atomic mass is 32.2. The van der Waals surface area contributed by atoms with Gasteiger partial charge in [-0.3, -0.25) is 0 Å². The van der Waals surface area contributed by atoms with E-state index in [1.54, 1.807) is 42.2 Å². The van der Waals surface area contributed by atoms with Crippen LogP contribution in [0.1, 0.15) is 13.8 Å². The van der Waals surface area contributed by atoms with Crippen molar-refractivity contribution in [1.82, 2.24) is 20.0 Å². The van der Waals surface area contributed by atoms with Gasteiger partial charge in [-0.2, -0.15) is 10.2 Å². The number of ether oxygens (including phenoxy) is 1. The maximum atomic E-state index is 14.8. The summed E-state index contributed by atoms with van der Waals surface area (Å²) >= 11 is 0. The van der Waals surface area contributed by atoms with Gasteiger partial charge < -0.3 is 4.74 Å². The van der Waals surface area contributed by atoms with E-state index in [-0.39, 0.29) is 16.4 Å². The van der Waals surface area contributed by atoms with Gasteiger partial charge in [0, 0.05) is 23.2 Å². The molecule has 0 aliphatic heterocycles. The topological polar surface area (TPSA) is 87.0 Å². The lowest BCUT2D eigenvalue weighted by molar-refractivity contribution is 0.415. The average molecular weight is 441 g/mol. The van der Waals surface area contributed by atoms with Crippen molar-refractivity contribution < 1.29 is 17.5 Å². The minimum atomic E-state index is -3.41. The predicted octanol–water partition coefficient (Wildman–Crippen LogP) is 4.12. The summed E-state index contributed by atoms with van der Waals surface area (Å²) in [6, 6.07) is 9.20. The zero-order valence-corrected chi connectivity index (χ0v) is 18.1. The normalized spacial score (nSPS) is 11.7. The monoisotopic (exact) mass is 440 g/mol. The number of hydrogen-bond donors (Lipinski definition) is 0. The maximum absolute atomic E-state index is 14.8. The number of hydrogen-bond acceptors (Lipinski definition) is 6. The molecule has 0 amide bonds. The molecular weight excluding hydrogens is 419 g/mol. The molecule has 4 rings (SSSR count). The molecule has 0 saturated heterocycles. The SMILES string of the molecule is CCn1ncc2c(-c3ccc(F)c(-c4ccc(S(=O)(=O)CC)cc4OC)c3)cnnc21. The summed E-state index contributed by atoms with van der Waals surface area (Å²) in [5.41, 5.74) is 2.91. The van der Waals surface area contributed by atoms with E-state index in [9.17, 15) is 12.8 Å². The van der Waals surface area contributed by atoms with Crippen LogP contribution in [-0.2, 0) is 16.4 Å². The number of fused-ring (bicyclic) bond motifs is 1. The number of nitrogens with zero attached hydrogens (tertiary/aromatic N) is 4. The number of sulfone groups is 1. The Hall–Kier alpha value is -3.33. The van der Waals surface area contributed by atoms with Gasteiger partial charge in [0.2, 0.25) is 0 Å². The fraction of sp³-hybridized carbons (Fsp3) is 0.227. The Morgan fingerprint density at radius 1 is 1.03 bits per heavy atom. The van der Waals surface area contributed by atoms with Gasteiger partial charge in [0.15, 0.2) is 15.5 Å². The van der Waals surface area contributed by atoms with Crippen molar-refractivity contribution in [2.75, 3.05) is 12.9 Å². The molecule has 2 aromatic heterocycles. The first kappa shape index (κ1) is 20.9. The predicted molar refractivity (Wildman–Crippen MR) is 116 cm³/mol. The lowest BCUT2D eigenvalue weighted by atomic mass is 9.98. The van der Waals surface area contributed by atoms with Crippen LogP contribution in [0.4, 0.5) is 4.39 Å². The summed E-state index contributed by atoms with van der Waals surface area (Å²) in [5, 5.41) is 13.4. The van der Waals surface area contributed by atoms with E-state index in [1.807, 2.05) is 6.92 Å². The molecule has 0 N–H and O–H groups in total. The zero-order chi connectivity index (χ0) is 22.2. The van der Waals surface area contributed by atoms with Gasteiger partial charge in [-0.25, -0.2) is 17.5 Å². The minimum Gasteiger partial charge on any atom is -0.496 e. The van der Waals surface area contributed by atoms with Crippen molar-refractivity contribution in [3.8, 4) is 28.0 Å². The molecule has 0 bridgehead atoms. The van der Waals surface area contributed by atoms with E-state index in [0.29, 0.717) is 23.3 Å². The molecule has 0 fully saturated rings. The molecule has 0 atom stereocenters. The summed E-state index contributed by atoms with van der Waals surface area (Å²) in [5.74, 6) is -0.200. The number of aryl methyl sites for hydroxylation is 1. The summed E-state index contributed by atoms with van der Waals surface area (Å²) in [4.78, 5) is 0.138. The minimum absolute atomic E-state index is 0.0319. The number of aromatic nitrogens is 4. The first-order valence-electron chi connectivity index (χ1n) is 9.77. The summed E-state index contributed by atoms with van der Waals surface area (Å²) in [7, 11) is -1.98. The summed E-state index contributed by atoms with van der Waals surface area (Å²) < 4.78 is 46.4. The maximum Gasteiger partial charge on any atom is 0.180 e. The zero-order valence-electron chi connectivity index (χ0n) is 17.3. The van der Waals surface area contributed by atoms with E-state index >= 15 is 0 Å². The molecule has 0 aliphatic rings. The lowest BCUT2D eigenvalue weighted by Crippen LogP contribution is -2.04. The Bertz CT molecular complexity index is 1380. The van der Waals surface area contributed by atoms with Gasteiger partial charge in [-0.1, -0.05) is 13.0 Å². The van der Waals surface area contributed by atoms with Gasteiger partial charge >= 0.3 is 0 Å². The molecule has 0 saturated carbocycles. The second-order valence-electron chi connectivity index (χ2n) is 6.92. The molecule has 2 aromatic carbocycles. The Morgan fingerprint density at radius 2 is 1.84 bits per heavy atom. The molecule has 0 unspecified atom stereocenters. The number of methoxy groups -OCH3 is 1. The highest BCUT2D eigenvalue weighted by molar-refractivity contribution is 7.91. The Morgan fingerprint density at radius 3 is 2.55 bits per heavy atom. The molecule has 7 nitrogen and oxygen atoms in total. The van der Waals surface area contributed by atoms with Crippen LogP contribution in [0.15, 0.2) is 53.7 Å². The van der Waals surface area contributed by atoms with Crippen molar-refractivity contribution in [2.24, 2.45) is 0 Å². The smallest absolute Gasteiger partial charge is 0.180 e. The van der Waals surface area contributed by atoms with Crippen molar-refractivity contribution in [2.45, 2.75) is 25.3 Å².